The molecule has 1 N–H and O–H groups in total. The molecule has 1 aliphatic rings. The number of hydrogen-bond acceptors (Lipinski definition) is 2. The SMILES string of the molecule is CCN(CC)C(=O)CCNC1CCC(C(C)(C)CC)CC1. The van der Waals surface area contributed by atoms with Crippen LogP contribution in [0.1, 0.15) is 73.1 Å². The van der Waals surface area contributed by atoms with Crippen LogP contribution in [0.25, 0.3) is 0 Å². The van der Waals surface area contributed by atoms with Gasteiger partial charge in [0, 0.05) is 32.1 Å². The summed E-state index contributed by atoms with van der Waals surface area (Å²) < 4.78 is 0. The molecular weight excluding hydrogens is 260 g/mol. The second-order valence-corrected chi connectivity index (χ2v) is 7.16. The van der Waals surface area contributed by atoms with E-state index in [1.165, 1.54) is 32.1 Å². The molecule has 0 unspecified atom stereocenters. The van der Waals surface area contributed by atoms with Crippen LogP contribution in [-0.2, 0) is 4.79 Å². The maximum Gasteiger partial charge on any atom is 0.223 e. The van der Waals surface area contributed by atoms with E-state index in [0.717, 1.165) is 25.6 Å². The molecule has 0 aromatic carbocycles. The Morgan fingerprint density at radius 1 is 1.10 bits per heavy atom. The first-order chi connectivity index (χ1) is 9.94. The topological polar surface area (TPSA) is 32.3 Å². The highest BCUT2D eigenvalue weighted by molar-refractivity contribution is 5.76. The first-order valence-electron chi connectivity index (χ1n) is 8.95. The Balaban J connectivity index is 2.23. The van der Waals surface area contributed by atoms with Crippen molar-refractivity contribution in [3.8, 4) is 0 Å². The van der Waals surface area contributed by atoms with E-state index in [4.69, 9.17) is 0 Å². The van der Waals surface area contributed by atoms with Crippen LogP contribution >= 0.6 is 0 Å². The zero-order chi connectivity index (χ0) is 15.9. The lowest BCUT2D eigenvalue weighted by Gasteiger charge is -2.39. The smallest absolute Gasteiger partial charge is 0.223 e. The fourth-order valence-electron chi connectivity index (χ4n) is 3.49. The molecule has 0 bridgehead atoms. The molecule has 1 amide bonds. The normalized spacial score (nSPS) is 23.1. The predicted octanol–water partition coefficient (Wildman–Crippen LogP) is 3.83. The van der Waals surface area contributed by atoms with Crippen molar-refractivity contribution in [3.05, 3.63) is 0 Å². The lowest BCUT2D eigenvalue weighted by molar-refractivity contribution is -0.130. The van der Waals surface area contributed by atoms with E-state index in [9.17, 15) is 4.79 Å². The maximum absolute atomic E-state index is 12.0. The van der Waals surface area contributed by atoms with Gasteiger partial charge in [-0.3, -0.25) is 4.79 Å². The molecule has 0 spiro atoms. The largest absolute Gasteiger partial charge is 0.343 e. The summed E-state index contributed by atoms with van der Waals surface area (Å²) in [6.07, 6.45) is 7.13. The van der Waals surface area contributed by atoms with E-state index in [1.54, 1.807) is 0 Å². The molecule has 0 saturated heterocycles. The quantitative estimate of drug-likeness (QED) is 0.738. The Hall–Kier alpha value is -0.570. The van der Waals surface area contributed by atoms with Crippen molar-refractivity contribution in [2.24, 2.45) is 11.3 Å². The van der Waals surface area contributed by atoms with Gasteiger partial charge in [0.1, 0.15) is 0 Å². The molecule has 1 aliphatic carbocycles. The number of hydrogen-bond donors (Lipinski definition) is 1. The average molecular weight is 296 g/mol. The van der Waals surface area contributed by atoms with Gasteiger partial charge in [0.15, 0.2) is 0 Å². The molecule has 1 saturated carbocycles. The third-order valence-electron chi connectivity index (χ3n) is 5.63. The predicted molar refractivity (Wildman–Crippen MR) is 90.4 cm³/mol. The van der Waals surface area contributed by atoms with E-state index in [0.29, 0.717) is 17.9 Å². The second kappa shape index (κ2) is 8.77. The highest BCUT2D eigenvalue weighted by atomic mass is 16.2. The van der Waals surface area contributed by atoms with Gasteiger partial charge < -0.3 is 10.2 Å². The van der Waals surface area contributed by atoms with Crippen LogP contribution in [0.2, 0.25) is 0 Å². The molecule has 21 heavy (non-hydrogen) atoms. The minimum Gasteiger partial charge on any atom is -0.343 e. The summed E-state index contributed by atoms with van der Waals surface area (Å²) in [7, 11) is 0. The van der Waals surface area contributed by atoms with Crippen molar-refractivity contribution in [1.29, 1.82) is 0 Å². The van der Waals surface area contributed by atoms with Crippen molar-refractivity contribution in [3.63, 3.8) is 0 Å². The monoisotopic (exact) mass is 296 g/mol. The summed E-state index contributed by atoms with van der Waals surface area (Å²) in [6, 6.07) is 0.624. The Bertz CT molecular complexity index is 302. The van der Waals surface area contributed by atoms with E-state index < -0.39 is 0 Å². The van der Waals surface area contributed by atoms with Gasteiger partial charge in [-0.25, -0.2) is 0 Å². The Labute approximate surface area is 131 Å². The summed E-state index contributed by atoms with van der Waals surface area (Å²) in [5.74, 6) is 1.16. The van der Waals surface area contributed by atoms with Crippen LogP contribution < -0.4 is 5.32 Å². The molecule has 124 valence electrons. The van der Waals surface area contributed by atoms with Crippen LogP contribution in [-0.4, -0.2) is 36.5 Å². The first-order valence-corrected chi connectivity index (χ1v) is 8.95. The summed E-state index contributed by atoms with van der Waals surface area (Å²) in [5, 5.41) is 3.60. The van der Waals surface area contributed by atoms with Gasteiger partial charge in [-0.2, -0.15) is 0 Å². The van der Waals surface area contributed by atoms with Crippen LogP contribution in [0, 0.1) is 11.3 Å². The number of amides is 1. The van der Waals surface area contributed by atoms with Crippen molar-refractivity contribution < 1.29 is 4.79 Å². The minimum absolute atomic E-state index is 0.285. The summed E-state index contributed by atoms with van der Waals surface area (Å²) in [5.41, 5.74) is 0.490. The van der Waals surface area contributed by atoms with Crippen LogP contribution in [0.3, 0.4) is 0 Å². The highest BCUT2D eigenvalue weighted by Crippen LogP contribution is 2.40. The highest BCUT2D eigenvalue weighted by Gasteiger charge is 2.31. The molecular formula is C18H36N2O. The van der Waals surface area contributed by atoms with Crippen molar-refractivity contribution in [2.75, 3.05) is 19.6 Å². The molecule has 0 aromatic rings. The van der Waals surface area contributed by atoms with Crippen molar-refractivity contribution in [1.82, 2.24) is 10.2 Å². The number of carbonyl (C=O) groups excluding carboxylic acids is 1. The molecule has 0 aromatic heterocycles. The van der Waals surface area contributed by atoms with Gasteiger partial charge in [-0.1, -0.05) is 27.2 Å². The van der Waals surface area contributed by atoms with Gasteiger partial charge in [0.25, 0.3) is 0 Å². The fraction of sp³-hybridized carbons (Fsp3) is 0.944. The minimum atomic E-state index is 0.285. The van der Waals surface area contributed by atoms with E-state index in [2.05, 4.69) is 26.1 Å². The number of rotatable bonds is 8. The fourth-order valence-corrected chi connectivity index (χ4v) is 3.49. The third-order valence-corrected chi connectivity index (χ3v) is 5.63. The Kier molecular flexibility index (Phi) is 7.72. The van der Waals surface area contributed by atoms with Gasteiger partial charge in [-0.15, -0.1) is 0 Å². The molecule has 1 rings (SSSR count). The van der Waals surface area contributed by atoms with E-state index >= 15 is 0 Å². The van der Waals surface area contributed by atoms with Gasteiger partial charge in [-0.05, 0) is 50.9 Å². The van der Waals surface area contributed by atoms with Crippen LogP contribution in [0.4, 0.5) is 0 Å². The molecule has 0 aliphatic heterocycles. The van der Waals surface area contributed by atoms with Crippen LogP contribution in [0.15, 0.2) is 0 Å². The van der Waals surface area contributed by atoms with Crippen LogP contribution in [0.5, 0.6) is 0 Å². The zero-order valence-corrected chi connectivity index (χ0v) is 14.9. The Morgan fingerprint density at radius 3 is 2.14 bits per heavy atom. The maximum atomic E-state index is 12.0. The van der Waals surface area contributed by atoms with Crippen molar-refractivity contribution >= 4 is 5.91 Å². The number of carbonyl (C=O) groups is 1. The second-order valence-electron chi connectivity index (χ2n) is 7.16. The summed E-state index contributed by atoms with van der Waals surface area (Å²) >= 11 is 0. The standard InChI is InChI=1S/C18H36N2O/c1-6-18(4,5)15-9-11-16(12-10-15)19-14-13-17(21)20(7-2)8-3/h15-16,19H,6-14H2,1-5H3. The van der Waals surface area contributed by atoms with E-state index in [1.807, 2.05) is 18.7 Å². The third kappa shape index (κ3) is 5.61. The van der Waals surface area contributed by atoms with Gasteiger partial charge in [0.05, 0.1) is 0 Å². The number of nitrogens with zero attached hydrogens (tertiary/aromatic N) is 1. The lowest BCUT2D eigenvalue weighted by Crippen LogP contribution is -2.39. The summed E-state index contributed by atoms with van der Waals surface area (Å²) in [6.45, 7) is 13.7. The average Bonchev–Trinajstić information content (AvgIpc) is 2.49. The molecule has 0 radical (unpaired) electrons. The molecule has 3 nitrogen and oxygen atoms in total. The van der Waals surface area contributed by atoms with E-state index in [-0.39, 0.29) is 5.91 Å². The number of nitrogens with one attached hydrogen (secondary N) is 1. The molecule has 0 atom stereocenters. The molecule has 1 fully saturated rings. The summed E-state index contributed by atoms with van der Waals surface area (Å²) in [4.78, 5) is 13.9. The van der Waals surface area contributed by atoms with Gasteiger partial charge >= 0.3 is 0 Å². The van der Waals surface area contributed by atoms with Crippen molar-refractivity contribution in [2.45, 2.75) is 79.2 Å². The molecule has 0 heterocycles. The van der Waals surface area contributed by atoms with Gasteiger partial charge in [0.2, 0.25) is 5.91 Å². The first kappa shape index (κ1) is 18.5. The zero-order valence-electron chi connectivity index (χ0n) is 14.9. The lowest BCUT2D eigenvalue weighted by atomic mass is 9.69. The Morgan fingerprint density at radius 2 is 1.67 bits per heavy atom. The molecule has 3 heteroatoms.